The Morgan fingerprint density at radius 3 is 2.89 bits per heavy atom. The number of aliphatic hydroxyl groups is 1. The van der Waals surface area contributed by atoms with Gasteiger partial charge in [0.05, 0.1) is 11.7 Å². The largest absolute Gasteiger partial charge is 0.393 e. The Labute approximate surface area is 113 Å². The minimum Gasteiger partial charge on any atom is -0.393 e. The van der Waals surface area contributed by atoms with Gasteiger partial charge in [-0.3, -0.25) is 4.79 Å². The fraction of sp³-hybridized carbons (Fsp3) is 0.533. The van der Waals surface area contributed by atoms with E-state index in [4.69, 9.17) is 0 Å². The van der Waals surface area contributed by atoms with Crippen LogP contribution in [-0.2, 0) is 0 Å². The van der Waals surface area contributed by atoms with E-state index in [0.29, 0.717) is 13.0 Å². The van der Waals surface area contributed by atoms with Crippen molar-refractivity contribution in [3.05, 3.63) is 35.6 Å². The summed E-state index contributed by atoms with van der Waals surface area (Å²) in [6.45, 7) is 4.24. The number of ketones is 1. The maximum absolute atomic E-state index is 13.5. The van der Waals surface area contributed by atoms with Crippen molar-refractivity contribution in [3.63, 3.8) is 0 Å². The highest BCUT2D eigenvalue weighted by Gasteiger charge is 2.24. The van der Waals surface area contributed by atoms with Crippen molar-refractivity contribution in [1.29, 1.82) is 0 Å². The predicted molar refractivity (Wildman–Crippen MR) is 71.6 cm³/mol. The van der Waals surface area contributed by atoms with Crippen LogP contribution < -0.4 is 0 Å². The van der Waals surface area contributed by atoms with Crippen molar-refractivity contribution >= 4 is 5.78 Å². The van der Waals surface area contributed by atoms with Crippen molar-refractivity contribution in [1.82, 2.24) is 4.90 Å². The van der Waals surface area contributed by atoms with E-state index in [0.717, 1.165) is 19.5 Å². The first-order chi connectivity index (χ1) is 9.08. The molecule has 104 valence electrons. The zero-order chi connectivity index (χ0) is 13.8. The first-order valence-electron chi connectivity index (χ1n) is 6.76. The first kappa shape index (κ1) is 14.2. The summed E-state index contributed by atoms with van der Waals surface area (Å²) in [6, 6.07) is 6.10. The van der Waals surface area contributed by atoms with Crippen LogP contribution >= 0.6 is 0 Å². The summed E-state index contributed by atoms with van der Waals surface area (Å²) in [5.74, 6) is -0.371. The average molecular weight is 265 g/mol. The molecule has 3 nitrogen and oxygen atoms in total. The van der Waals surface area contributed by atoms with Crippen LogP contribution in [0.15, 0.2) is 24.3 Å². The summed E-state index contributed by atoms with van der Waals surface area (Å²) in [4.78, 5) is 14.1. The number of likely N-dealkylation sites (tertiary alicyclic amines) is 1. The molecule has 0 bridgehead atoms. The molecule has 0 saturated carbocycles. The maximum Gasteiger partial charge on any atom is 0.167 e. The third-order valence-corrected chi connectivity index (χ3v) is 3.77. The monoisotopic (exact) mass is 265 g/mol. The van der Waals surface area contributed by atoms with Gasteiger partial charge in [0.1, 0.15) is 5.82 Å². The van der Waals surface area contributed by atoms with Gasteiger partial charge in [-0.1, -0.05) is 19.1 Å². The Morgan fingerprint density at radius 2 is 2.21 bits per heavy atom. The molecule has 1 N–H and O–H groups in total. The molecule has 0 aliphatic carbocycles. The smallest absolute Gasteiger partial charge is 0.167 e. The summed E-state index contributed by atoms with van der Waals surface area (Å²) in [7, 11) is 0. The van der Waals surface area contributed by atoms with E-state index in [2.05, 4.69) is 4.90 Å². The highest BCUT2D eigenvalue weighted by molar-refractivity contribution is 5.96. The topological polar surface area (TPSA) is 40.5 Å². The number of aliphatic hydroxyl groups excluding tert-OH is 1. The van der Waals surface area contributed by atoms with Crippen LogP contribution in [0.1, 0.15) is 30.1 Å². The van der Waals surface area contributed by atoms with Crippen LogP contribution in [0.2, 0.25) is 0 Å². The minimum absolute atomic E-state index is 0.156. The molecule has 2 unspecified atom stereocenters. The number of hydrogen-bond donors (Lipinski definition) is 1. The van der Waals surface area contributed by atoms with Gasteiger partial charge in [-0.25, -0.2) is 4.39 Å². The van der Waals surface area contributed by atoms with Gasteiger partial charge in [-0.2, -0.15) is 0 Å². The molecule has 0 spiro atoms. The standard InChI is InChI=1S/C15H20FNO2/c1-11-10-17(8-6-14(11)18)9-7-15(19)12-4-2-3-5-13(12)16/h2-5,11,14,18H,6-10H2,1H3. The molecule has 0 radical (unpaired) electrons. The summed E-state index contributed by atoms with van der Waals surface area (Å²) >= 11 is 0. The second-order valence-corrected chi connectivity index (χ2v) is 5.29. The van der Waals surface area contributed by atoms with Crippen molar-refractivity contribution in [2.75, 3.05) is 19.6 Å². The molecule has 2 rings (SSSR count). The number of benzene rings is 1. The molecule has 19 heavy (non-hydrogen) atoms. The molecule has 1 saturated heterocycles. The lowest BCUT2D eigenvalue weighted by atomic mass is 9.96. The summed E-state index contributed by atoms with van der Waals surface area (Å²) in [5, 5.41) is 9.64. The zero-order valence-corrected chi connectivity index (χ0v) is 11.2. The summed E-state index contributed by atoms with van der Waals surface area (Å²) in [6.07, 6.45) is 0.831. The van der Waals surface area contributed by atoms with Crippen LogP contribution in [-0.4, -0.2) is 41.5 Å². The first-order valence-corrected chi connectivity index (χ1v) is 6.76. The van der Waals surface area contributed by atoms with E-state index in [1.54, 1.807) is 12.1 Å². The van der Waals surface area contributed by atoms with Gasteiger partial charge >= 0.3 is 0 Å². The molecule has 0 aromatic heterocycles. The number of hydrogen-bond acceptors (Lipinski definition) is 3. The fourth-order valence-electron chi connectivity index (χ4n) is 2.50. The van der Waals surface area contributed by atoms with Crippen molar-refractivity contribution in [2.24, 2.45) is 5.92 Å². The van der Waals surface area contributed by atoms with Gasteiger partial charge < -0.3 is 10.0 Å². The number of Topliss-reactive ketones (excluding diaryl/α,β-unsaturated/α-hetero) is 1. The average Bonchev–Trinajstić information content (AvgIpc) is 2.40. The Hall–Kier alpha value is -1.26. The zero-order valence-electron chi connectivity index (χ0n) is 11.2. The van der Waals surface area contributed by atoms with Crippen LogP contribution in [0.5, 0.6) is 0 Å². The molecule has 1 aliphatic heterocycles. The van der Waals surface area contributed by atoms with E-state index in [-0.39, 0.29) is 23.4 Å². The van der Waals surface area contributed by atoms with Crippen LogP contribution in [0.3, 0.4) is 0 Å². The number of nitrogens with zero attached hydrogens (tertiary/aromatic N) is 1. The molecule has 1 aliphatic rings. The third-order valence-electron chi connectivity index (χ3n) is 3.77. The van der Waals surface area contributed by atoms with Crippen LogP contribution in [0, 0.1) is 11.7 Å². The van der Waals surface area contributed by atoms with Crippen LogP contribution in [0.4, 0.5) is 4.39 Å². The minimum atomic E-state index is -0.449. The molecule has 1 fully saturated rings. The van der Waals surface area contributed by atoms with Gasteiger partial charge in [0, 0.05) is 26.1 Å². The van der Waals surface area contributed by atoms with Gasteiger partial charge in [0.2, 0.25) is 0 Å². The van der Waals surface area contributed by atoms with Crippen molar-refractivity contribution < 1.29 is 14.3 Å². The molecule has 1 aromatic rings. The SMILES string of the molecule is CC1CN(CCC(=O)c2ccccc2F)CCC1O. The van der Waals surface area contributed by atoms with Gasteiger partial charge in [0.25, 0.3) is 0 Å². The highest BCUT2D eigenvalue weighted by atomic mass is 19.1. The highest BCUT2D eigenvalue weighted by Crippen LogP contribution is 2.17. The number of rotatable bonds is 4. The predicted octanol–water partition coefficient (Wildman–Crippen LogP) is 2.10. The number of halogens is 1. The van der Waals surface area contributed by atoms with E-state index < -0.39 is 5.82 Å². The van der Waals surface area contributed by atoms with Gasteiger partial charge in [-0.05, 0) is 24.5 Å². The molecule has 2 atom stereocenters. The molecular weight excluding hydrogens is 245 g/mol. The molecule has 1 heterocycles. The lowest BCUT2D eigenvalue weighted by Crippen LogP contribution is -2.42. The van der Waals surface area contributed by atoms with Crippen LogP contribution in [0.25, 0.3) is 0 Å². The fourth-order valence-corrected chi connectivity index (χ4v) is 2.50. The van der Waals surface area contributed by atoms with E-state index >= 15 is 0 Å². The molecule has 4 heteroatoms. The Kier molecular flexibility index (Phi) is 4.66. The lowest BCUT2D eigenvalue weighted by molar-refractivity contribution is 0.0346. The molecular formula is C15H20FNO2. The Balaban J connectivity index is 1.86. The van der Waals surface area contributed by atoms with Gasteiger partial charge in [0.15, 0.2) is 5.78 Å². The quantitative estimate of drug-likeness (QED) is 0.848. The Bertz CT molecular complexity index is 450. The second kappa shape index (κ2) is 6.26. The number of carbonyl (C=O) groups excluding carboxylic acids is 1. The van der Waals surface area contributed by atoms with Crippen molar-refractivity contribution in [3.8, 4) is 0 Å². The third kappa shape index (κ3) is 3.61. The second-order valence-electron chi connectivity index (χ2n) is 5.29. The maximum atomic E-state index is 13.5. The molecule has 1 aromatic carbocycles. The molecule has 0 amide bonds. The lowest BCUT2D eigenvalue weighted by Gasteiger charge is -2.34. The van der Waals surface area contributed by atoms with E-state index in [9.17, 15) is 14.3 Å². The Morgan fingerprint density at radius 1 is 1.47 bits per heavy atom. The van der Waals surface area contributed by atoms with E-state index in [1.807, 2.05) is 6.92 Å². The number of carbonyl (C=O) groups is 1. The van der Waals surface area contributed by atoms with E-state index in [1.165, 1.54) is 12.1 Å². The van der Waals surface area contributed by atoms with Gasteiger partial charge in [-0.15, -0.1) is 0 Å². The normalized spacial score (nSPS) is 24.4. The summed E-state index contributed by atoms with van der Waals surface area (Å²) < 4.78 is 13.5. The number of piperidine rings is 1. The summed E-state index contributed by atoms with van der Waals surface area (Å²) in [5.41, 5.74) is 0.174. The van der Waals surface area contributed by atoms with Crippen molar-refractivity contribution in [2.45, 2.75) is 25.9 Å².